The molecule has 3 nitrogen and oxygen atoms in total. The summed E-state index contributed by atoms with van der Waals surface area (Å²) in [4.78, 5) is 2.53. The minimum Gasteiger partial charge on any atom is -0.380 e. The molecule has 1 aliphatic rings. The number of hydrogen-bond donors (Lipinski definition) is 1. The fourth-order valence-electron chi connectivity index (χ4n) is 1.91. The van der Waals surface area contributed by atoms with Gasteiger partial charge in [-0.25, -0.2) is 0 Å². The van der Waals surface area contributed by atoms with Crippen LogP contribution < -0.4 is 5.32 Å². The van der Waals surface area contributed by atoms with Crippen molar-refractivity contribution in [1.82, 2.24) is 10.2 Å². The Morgan fingerprint density at radius 2 is 2.21 bits per heavy atom. The van der Waals surface area contributed by atoms with Gasteiger partial charge in [-0.1, -0.05) is 6.92 Å². The molecule has 0 aromatic rings. The van der Waals surface area contributed by atoms with Crippen LogP contribution in [0.3, 0.4) is 0 Å². The van der Waals surface area contributed by atoms with E-state index < -0.39 is 0 Å². The zero-order chi connectivity index (χ0) is 10.4. The molecule has 0 spiro atoms. The van der Waals surface area contributed by atoms with Crippen LogP contribution in [-0.2, 0) is 4.74 Å². The van der Waals surface area contributed by atoms with Crippen LogP contribution in [0.5, 0.6) is 0 Å². The number of nitrogens with one attached hydrogen (secondary N) is 1. The van der Waals surface area contributed by atoms with E-state index in [2.05, 4.69) is 31.0 Å². The minimum absolute atomic E-state index is 0.651. The lowest BCUT2D eigenvalue weighted by molar-refractivity contribution is 0.0752. The quantitative estimate of drug-likeness (QED) is 0.673. The molecule has 1 rings (SSSR count). The first-order valence-corrected chi connectivity index (χ1v) is 5.83. The van der Waals surface area contributed by atoms with E-state index in [0.29, 0.717) is 12.1 Å². The first-order valence-electron chi connectivity index (χ1n) is 5.83. The third-order valence-corrected chi connectivity index (χ3v) is 3.00. The van der Waals surface area contributed by atoms with Crippen LogP contribution in [0.1, 0.15) is 27.2 Å². The second-order valence-corrected chi connectivity index (χ2v) is 4.05. The molecule has 3 heteroatoms. The highest BCUT2D eigenvalue weighted by Crippen LogP contribution is 2.08. The van der Waals surface area contributed by atoms with Gasteiger partial charge in [-0.15, -0.1) is 0 Å². The summed E-state index contributed by atoms with van der Waals surface area (Å²) in [6, 6.07) is 1.33. The minimum atomic E-state index is 0.651. The van der Waals surface area contributed by atoms with E-state index in [0.717, 1.165) is 26.3 Å². The van der Waals surface area contributed by atoms with Crippen molar-refractivity contribution in [1.29, 1.82) is 0 Å². The van der Waals surface area contributed by atoms with Gasteiger partial charge in [-0.3, -0.25) is 4.90 Å². The predicted molar refractivity (Wildman–Crippen MR) is 59.6 cm³/mol. The summed E-state index contributed by atoms with van der Waals surface area (Å²) in [6.45, 7) is 11.6. The normalized spacial score (nSPS) is 29.4. The molecule has 84 valence electrons. The van der Waals surface area contributed by atoms with Crippen LogP contribution in [0.4, 0.5) is 0 Å². The molecule has 0 bridgehead atoms. The molecule has 0 radical (unpaired) electrons. The van der Waals surface area contributed by atoms with Crippen LogP contribution in [0, 0.1) is 0 Å². The second-order valence-electron chi connectivity index (χ2n) is 4.05. The van der Waals surface area contributed by atoms with Crippen LogP contribution in [0.2, 0.25) is 0 Å². The third-order valence-electron chi connectivity index (χ3n) is 3.00. The number of piperazine rings is 1. The maximum Gasteiger partial charge on any atom is 0.0593 e. The van der Waals surface area contributed by atoms with Gasteiger partial charge in [-0.2, -0.15) is 0 Å². The lowest BCUT2D eigenvalue weighted by Crippen LogP contribution is -2.55. The number of nitrogens with zero attached hydrogens (tertiary/aromatic N) is 1. The Morgan fingerprint density at radius 1 is 1.43 bits per heavy atom. The zero-order valence-corrected chi connectivity index (χ0v) is 9.75. The lowest BCUT2D eigenvalue weighted by atomic mass is 10.1. The van der Waals surface area contributed by atoms with Gasteiger partial charge < -0.3 is 10.1 Å². The summed E-state index contributed by atoms with van der Waals surface area (Å²) < 4.78 is 5.39. The standard InChI is InChI=1S/C11H24N2O/c1-4-11-9-13(6-7-14-5-2)10(3)8-12-11/h10-12H,4-9H2,1-3H3. The van der Waals surface area contributed by atoms with E-state index in [4.69, 9.17) is 4.74 Å². The lowest BCUT2D eigenvalue weighted by Gasteiger charge is -2.38. The molecule has 1 N–H and O–H groups in total. The molecule has 1 aliphatic heterocycles. The Balaban J connectivity index is 2.25. The summed E-state index contributed by atoms with van der Waals surface area (Å²) in [5.41, 5.74) is 0. The van der Waals surface area contributed by atoms with Crippen molar-refractivity contribution >= 4 is 0 Å². The average molecular weight is 200 g/mol. The van der Waals surface area contributed by atoms with Gasteiger partial charge in [-0.05, 0) is 20.3 Å². The van der Waals surface area contributed by atoms with Gasteiger partial charge in [0.25, 0.3) is 0 Å². The van der Waals surface area contributed by atoms with E-state index >= 15 is 0 Å². The van der Waals surface area contributed by atoms with Crippen molar-refractivity contribution < 1.29 is 4.74 Å². The van der Waals surface area contributed by atoms with Crippen LogP contribution in [-0.4, -0.2) is 49.8 Å². The highest BCUT2D eigenvalue weighted by atomic mass is 16.5. The first-order chi connectivity index (χ1) is 6.77. The van der Waals surface area contributed by atoms with E-state index in [9.17, 15) is 0 Å². The molecular formula is C11H24N2O. The van der Waals surface area contributed by atoms with E-state index in [1.807, 2.05) is 0 Å². The summed E-state index contributed by atoms with van der Waals surface area (Å²) in [5, 5.41) is 3.56. The molecule has 14 heavy (non-hydrogen) atoms. The van der Waals surface area contributed by atoms with Crippen LogP contribution in [0.15, 0.2) is 0 Å². The van der Waals surface area contributed by atoms with Crippen molar-refractivity contribution in [3.63, 3.8) is 0 Å². The number of ether oxygens (including phenoxy) is 1. The van der Waals surface area contributed by atoms with E-state index in [-0.39, 0.29) is 0 Å². The van der Waals surface area contributed by atoms with Crippen molar-refractivity contribution in [2.24, 2.45) is 0 Å². The molecule has 0 saturated carbocycles. The van der Waals surface area contributed by atoms with Gasteiger partial charge in [0.2, 0.25) is 0 Å². The van der Waals surface area contributed by atoms with Crippen molar-refractivity contribution in [3.05, 3.63) is 0 Å². The van der Waals surface area contributed by atoms with Crippen molar-refractivity contribution in [2.75, 3.05) is 32.8 Å². The molecule has 2 atom stereocenters. The molecule has 2 unspecified atom stereocenters. The van der Waals surface area contributed by atoms with E-state index in [1.54, 1.807) is 0 Å². The van der Waals surface area contributed by atoms with Gasteiger partial charge in [0.05, 0.1) is 6.61 Å². The summed E-state index contributed by atoms with van der Waals surface area (Å²) >= 11 is 0. The molecular weight excluding hydrogens is 176 g/mol. The molecule has 0 aromatic carbocycles. The Kier molecular flexibility index (Phi) is 5.45. The molecule has 1 fully saturated rings. The Bertz CT molecular complexity index is 152. The number of rotatable bonds is 5. The highest BCUT2D eigenvalue weighted by molar-refractivity contribution is 4.82. The van der Waals surface area contributed by atoms with E-state index in [1.165, 1.54) is 13.0 Å². The predicted octanol–water partition coefficient (Wildman–Crippen LogP) is 1.10. The Labute approximate surface area is 87.8 Å². The third kappa shape index (κ3) is 3.56. The molecule has 0 aromatic heterocycles. The fraction of sp³-hybridized carbons (Fsp3) is 1.00. The number of hydrogen-bond acceptors (Lipinski definition) is 3. The molecule has 1 saturated heterocycles. The first kappa shape index (κ1) is 12.0. The SMILES string of the molecule is CCOCCN1CC(CC)NCC1C. The molecule has 1 heterocycles. The van der Waals surface area contributed by atoms with Crippen molar-refractivity contribution in [2.45, 2.75) is 39.3 Å². The molecule has 0 aliphatic carbocycles. The van der Waals surface area contributed by atoms with Gasteiger partial charge in [0.15, 0.2) is 0 Å². The Hall–Kier alpha value is -0.120. The van der Waals surface area contributed by atoms with Gasteiger partial charge in [0, 0.05) is 38.3 Å². The largest absolute Gasteiger partial charge is 0.380 e. The second kappa shape index (κ2) is 6.38. The maximum absolute atomic E-state index is 5.39. The summed E-state index contributed by atoms with van der Waals surface area (Å²) in [5.74, 6) is 0. The van der Waals surface area contributed by atoms with Crippen molar-refractivity contribution in [3.8, 4) is 0 Å². The topological polar surface area (TPSA) is 24.5 Å². The smallest absolute Gasteiger partial charge is 0.0593 e. The van der Waals surface area contributed by atoms with Gasteiger partial charge in [0.1, 0.15) is 0 Å². The Morgan fingerprint density at radius 3 is 2.86 bits per heavy atom. The monoisotopic (exact) mass is 200 g/mol. The van der Waals surface area contributed by atoms with Crippen LogP contribution in [0.25, 0.3) is 0 Å². The van der Waals surface area contributed by atoms with Gasteiger partial charge >= 0.3 is 0 Å². The fourth-order valence-corrected chi connectivity index (χ4v) is 1.91. The van der Waals surface area contributed by atoms with Crippen LogP contribution >= 0.6 is 0 Å². The zero-order valence-electron chi connectivity index (χ0n) is 9.75. The summed E-state index contributed by atoms with van der Waals surface area (Å²) in [6.07, 6.45) is 1.22. The highest BCUT2D eigenvalue weighted by Gasteiger charge is 2.22. The molecule has 0 amide bonds. The maximum atomic E-state index is 5.39. The average Bonchev–Trinajstić information content (AvgIpc) is 2.21. The summed E-state index contributed by atoms with van der Waals surface area (Å²) in [7, 11) is 0.